The van der Waals surface area contributed by atoms with Gasteiger partial charge < -0.3 is 9.47 Å². The molecule has 0 aliphatic carbocycles. The van der Waals surface area contributed by atoms with Gasteiger partial charge in [0.25, 0.3) is 0 Å². The molecule has 0 aliphatic heterocycles. The minimum Gasteiger partial charge on any atom is -0.496 e. The molecule has 4 heteroatoms. The first-order valence-electron chi connectivity index (χ1n) is 8.94. The van der Waals surface area contributed by atoms with Crippen LogP contribution in [0.25, 0.3) is 6.08 Å². The zero-order valence-electron chi connectivity index (χ0n) is 17.3. The second-order valence-electron chi connectivity index (χ2n) is 6.38. The molecule has 0 spiro atoms. The minimum atomic E-state index is -0.324. The number of ether oxygens (including phenoxy) is 2. The topological polar surface area (TPSA) is 35.5 Å². The van der Waals surface area contributed by atoms with Gasteiger partial charge in [-0.05, 0) is 63.8 Å². The summed E-state index contributed by atoms with van der Waals surface area (Å²) < 4.78 is 10.4. The van der Waals surface area contributed by atoms with E-state index >= 15 is 0 Å². The molecule has 0 aliphatic rings. The highest BCUT2D eigenvalue weighted by atomic mass is 35.5. The van der Waals surface area contributed by atoms with Crippen molar-refractivity contribution in [3.63, 3.8) is 0 Å². The minimum absolute atomic E-state index is 0.324. The Hall–Kier alpha value is -2.26. The average Bonchev–Trinajstić information content (AvgIpc) is 2.60. The lowest BCUT2D eigenvalue weighted by molar-refractivity contribution is -0.137. The maximum atomic E-state index is 11.4. The van der Waals surface area contributed by atoms with E-state index in [-0.39, 0.29) is 5.97 Å². The molecule has 0 fully saturated rings. The molecule has 0 saturated heterocycles. The van der Waals surface area contributed by atoms with Gasteiger partial charge in [0.15, 0.2) is 0 Å². The largest absolute Gasteiger partial charge is 0.496 e. The van der Waals surface area contributed by atoms with Crippen LogP contribution in [0, 0.1) is 20.8 Å². The summed E-state index contributed by atoms with van der Waals surface area (Å²) in [5.41, 5.74) is 6.06. The summed E-state index contributed by atoms with van der Waals surface area (Å²) >= 11 is 6.54. The van der Waals surface area contributed by atoms with Crippen LogP contribution < -0.4 is 4.74 Å². The van der Waals surface area contributed by atoms with Crippen molar-refractivity contribution >= 4 is 23.6 Å². The van der Waals surface area contributed by atoms with Crippen molar-refractivity contribution in [2.24, 2.45) is 0 Å². The zero-order chi connectivity index (χ0) is 20.6. The van der Waals surface area contributed by atoms with Crippen LogP contribution in [-0.2, 0) is 9.53 Å². The quantitative estimate of drug-likeness (QED) is 0.312. The molecule has 0 heterocycles. The van der Waals surface area contributed by atoms with E-state index in [4.69, 9.17) is 21.1 Å². The number of halogens is 1. The summed E-state index contributed by atoms with van der Waals surface area (Å²) in [7, 11) is 1.66. The van der Waals surface area contributed by atoms with Crippen LogP contribution >= 0.6 is 11.6 Å². The Morgan fingerprint density at radius 2 is 1.70 bits per heavy atom. The summed E-state index contributed by atoms with van der Waals surface area (Å²) in [4.78, 5) is 11.4. The molecule has 0 amide bonds. The predicted octanol–water partition coefficient (Wildman–Crippen LogP) is 6.30. The molecule has 0 aromatic heterocycles. The molecule has 1 aromatic rings. The number of benzene rings is 1. The van der Waals surface area contributed by atoms with E-state index in [1.54, 1.807) is 14.0 Å². The molecule has 0 atom stereocenters. The molecular weight excluding hydrogens is 360 g/mol. The van der Waals surface area contributed by atoms with E-state index in [0.717, 1.165) is 39.1 Å². The number of rotatable bonds is 7. The van der Waals surface area contributed by atoms with Crippen LogP contribution in [0.4, 0.5) is 0 Å². The summed E-state index contributed by atoms with van der Waals surface area (Å²) in [6.45, 7) is 12.1. The molecular formula is C23H29ClO3. The molecule has 0 N–H and O–H groups in total. The fraction of sp³-hybridized carbons (Fsp3) is 0.348. The highest BCUT2D eigenvalue weighted by molar-refractivity contribution is 6.33. The van der Waals surface area contributed by atoms with Gasteiger partial charge in [-0.2, -0.15) is 0 Å². The maximum Gasteiger partial charge on any atom is 0.330 e. The first kappa shape index (κ1) is 22.8. The lowest BCUT2D eigenvalue weighted by atomic mass is 9.97. The second kappa shape index (κ2) is 10.8. The van der Waals surface area contributed by atoms with Gasteiger partial charge in [-0.25, -0.2) is 4.79 Å². The molecule has 0 unspecified atom stereocenters. The van der Waals surface area contributed by atoms with Crippen molar-refractivity contribution in [1.29, 1.82) is 0 Å². The third-order valence-corrected chi connectivity index (χ3v) is 4.77. The van der Waals surface area contributed by atoms with E-state index in [2.05, 4.69) is 0 Å². The lowest BCUT2D eigenvalue weighted by Gasteiger charge is -2.16. The van der Waals surface area contributed by atoms with E-state index < -0.39 is 0 Å². The summed E-state index contributed by atoms with van der Waals surface area (Å²) in [6, 6.07) is 0. The van der Waals surface area contributed by atoms with Gasteiger partial charge in [0.05, 0.1) is 18.7 Å². The van der Waals surface area contributed by atoms with Crippen LogP contribution in [-0.4, -0.2) is 19.7 Å². The molecule has 0 radical (unpaired) electrons. The van der Waals surface area contributed by atoms with Crippen molar-refractivity contribution in [2.45, 2.75) is 41.5 Å². The molecule has 0 bridgehead atoms. The summed E-state index contributed by atoms with van der Waals surface area (Å²) in [5.74, 6) is 0.518. The fourth-order valence-corrected chi connectivity index (χ4v) is 2.95. The average molecular weight is 389 g/mol. The van der Waals surface area contributed by atoms with Gasteiger partial charge in [-0.15, -0.1) is 0 Å². The van der Waals surface area contributed by atoms with E-state index in [1.807, 2.05) is 65.0 Å². The molecule has 1 aromatic carbocycles. The SMILES string of the molecule is CCOC(=O)/C=C(C)/C=C/C=C(C)/C=C/c1c(C)c(C)c(OC)c(C)c1Cl. The molecule has 3 nitrogen and oxygen atoms in total. The first-order chi connectivity index (χ1) is 12.7. The van der Waals surface area contributed by atoms with Gasteiger partial charge in [0.2, 0.25) is 0 Å². The normalized spacial score (nSPS) is 12.9. The van der Waals surface area contributed by atoms with Crippen molar-refractivity contribution < 1.29 is 14.3 Å². The Morgan fingerprint density at radius 3 is 2.30 bits per heavy atom. The Kier molecular flexibility index (Phi) is 9.10. The van der Waals surface area contributed by atoms with E-state index in [9.17, 15) is 4.79 Å². The van der Waals surface area contributed by atoms with Crippen LogP contribution in [0.5, 0.6) is 5.75 Å². The second-order valence-corrected chi connectivity index (χ2v) is 6.76. The Balaban J connectivity index is 2.99. The third-order valence-electron chi connectivity index (χ3n) is 4.28. The summed E-state index contributed by atoms with van der Waals surface area (Å²) in [6.07, 6.45) is 11.3. The number of allylic oxidation sites excluding steroid dienone is 6. The number of esters is 1. The van der Waals surface area contributed by atoms with Gasteiger partial charge >= 0.3 is 5.97 Å². The third kappa shape index (κ3) is 6.44. The van der Waals surface area contributed by atoms with Crippen molar-refractivity contribution in [1.82, 2.24) is 0 Å². The Bertz CT molecular complexity index is 782. The highest BCUT2D eigenvalue weighted by Gasteiger charge is 2.14. The van der Waals surface area contributed by atoms with Gasteiger partial charge in [-0.3, -0.25) is 0 Å². The fourth-order valence-electron chi connectivity index (χ4n) is 2.66. The Labute approximate surface area is 168 Å². The van der Waals surface area contributed by atoms with Crippen molar-refractivity contribution in [3.8, 4) is 5.75 Å². The number of hydrogen-bond acceptors (Lipinski definition) is 3. The summed E-state index contributed by atoms with van der Waals surface area (Å²) in [5, 5.41) is 0.711. The monoisotopic (exact) mass is 388 g/mol. The zero-order valence-corrected chi connectivity index (χ0v) is 18.0. The smallest absolute Gasteiger partial charge is 0.330 e. The van der Waals surface area contributed by atoms with Gasteiger partial charge in [0, 0.05) is 11.6 Å². The number of carbonyl (C=O) groups excluding carboxylic acids is 1. The molecule has 1 rings (SSSR count). The van der Waals surface area contributed by atoms with E-state index in [0.29, 0.717) is 11.6 Å². The number of carbonyl (C=O) groups is 1. The van der Waals surface area contributed by atoms with Crippen LogP contribution in [0.3, 0.4) is 0 Å². The first-order valence-corrected chi connectivity index (χ1v) is 9.32. The van der Waals surface area contributed by atoms with Crippen LogP contribution in [0.15, 0.2) is 41.5 Å². The van der Waals surface area contributed by atoms with Crippen LogP contribution in [0.1, 0.15) is 43.0 Å². The van der Waals surface area contributed by atoms with Crippen molar-refractivity contribution in [3.05, 3.63) is 68.8 Å². The number of hydrogen-bond donors (Lipinski definition) is 0. The van der Waals surface area contributed by atoms with Gasteiger partial charge in [-0.1, -0.05) is 47.6 Å². The van der Waals surface area contributed by atoms with E-state index in [1.165, 1.54) is 6.08 Å². The molecule has 0 saturated carbocycles. The standard InChI is InChI=1S/C23H29ClO3/c1-8-27-21(25)14-16(3)11-9-10-15(2)12-13-20-17(4)18(5)23(26-7)19(6)22(20)24/h9-14H,8H2,1-7H3/b11-9+,13-12+,15-10+,16-14+. The lowest BCUT2D eigenvalue weighted by Crippen LogP contribution is -1.99. The molecule has 27 heavy (non-hydrogen) atoms. The molecule has 146 valence electrons. The van der Waals surface area contributed by atoms with Gasteiger partial charge in [0.1, 0.15) is 5.75 Å². The highest BCUT2D eigenvalue weighted by Crippen LogP contribution is 2.36. The predicted molar refractivity (Wildman–Crippen MR) is 115 cm³/mol. The number of methoxy groups -OCH3 is 1. The maximum absolute atomic E-state index is 11.4. The van der Waals surface area contributed by atoms with Crippen LogP contribution in [0.2, 0.25) is 5.02 Å². The van der Waals surface area contributed by atoms with Crippen molar-refractivity contribution in [2.75, 3.05) is 13.7 Å². The Morgan fingerprint density at radius 1 is 1.04 bits per heavy atom.